The van der Waals surface area contributed by atoms with Crippen molar-refractivity contribution in [1.82, 2.24) is 10.3 Å². The lowest BCUT2D eigenvalue weighted by molar-refractivity contribution is 0.404. The fourth-order valence-electron chi connectivity index (χ4n) is 1.70. The lowest BCUT2D eigenvalue weighted by Crippen LogP contribution is -2.15. The van der Waals surface area contributed by atoms with Crippen LogP contribution >= 0.6 is 11.6 Å². The molecular weight excluding hydrogens is 298 g/mol. The molecule has 0 atom stereocenters. The van der Waals surface area contributed by atoms with Crippen LogP contribution in [-0.4, -0.2) is 11.5 Å². The molecule has 0 unspecified atom stereocenters. The number of rotatable bonds is 6. The van der Waals surface area contributed by atoms with Crippen molar-refractivity contribution in [3.8, 4) is 11.6 Å². The second-order valence-corrected chi connectivity index (χ2v) is 4.82. The fourth-order valence-corrected chi connectivity index (χ4v) is 1.88. The Morgan fingerprint density at radius 1 is 1.24 bits per heavy atom. The van der Waals surface area contributed by atoms with E-state index in [1.807, 2.05) is 6.92 Å². The maximum absolute atomic E-state index is 13.5. The molecule has 2 rings (SSSR count). The molecule has 0 aliphatic rings. The molecule has 0 spiro atoms. The normalized spacial score (nSPS) is 10.7. The Kier molecular flexibility index (Phi) is 5.47. The lowest BCUT2D eigenvalue weighted by Gasteiger charge is -2.09. The Hall–Kier alpha value is -1.72. The second-order valence-electron chi connectivity index (χ2n) is 4.41. The Balaban J connectivity index is 2.17. The first kappa shape index (κ1) is 15.7. The van der Waals surface area contributed by atoms with Gasteiger partial charge in [-0.3, -0.25) is 0 Å². The van der Waals surface area contributed by atoms with Gasteiger partial charge in [0.15, 0.2) is 11.6 Å². The highest BCUT2D eigenvalue weighted by atomic mass is 35.5. The van der Waals surface area contributed by atoms with Gasteiger partial charge in [0.05, 0.1) is 10.7 Å². The van der Waals surface area contributed by atoms with Gasteiger partial charge in [-0.2, -0.15) is 4.39 Å². The number of ether oxygens (including phenoxy) is 1. The zero-order chi connectivity index (χ0) is 15.2. The summed E-state index contributed by atoms with van der Waals surface area (Å²) >= 11 is 6.04. The van der Waals surface area contributed by atoms with Gasteiger partial charge in [-0.1, -0.05) is 24.6 Å². The van der Waals surface area contributed by atoms with E-state index in [9.17, 15) is 8.78 Å². The minimum Gasteiger partial charge on any atom is -0.436 e. The van der Waals surface area contributed by atoms with Crippen LogP contribution in [0.25, 0.3) is 0 Å². The fraction of sp³-hybridized carbons (Fsp3) is 0.267. The van der Waals surface area contributed by atoms with E-state index in [1.54, 1.807) is 6.07 Å². The summed E-state index contributed by atoms with van der Waals surface area (Å²) in [5.41, 5.74) is 0.597. The average Bonchev–Trinajstić information content (AvgIpc) is 2.47. The van der Waals surface area contributed by atoms with Crippen LogP contribution in [0.15, 0.2) is 30.3 Å². The summed E-state index contributed by atoms with van der Waals surface area (Å²) in [6, 6.07) is 6.86. The monoisotopic (exact) mass is 312 g/mol. The zero-order valence-electron chi connectivity index (χ0n) is 11.5. The van der Waals surface area contributed by atoms with Crippen molar-refractivity contribution in [2.45, 2.75) is 19.9 Å². The number of nitrogens with one attached hydrogen (secondary N) is 1. The summed E-state index contributed by atoms with van der Waals surface area (Å²) in [5.74, 6) is -2.05. The van der Waals surface area contributed by atoms with Crippen LogP contribution < -0.4 is 10.1 Å². The first-order chi connectivity index (χ1) is 10.1. The predicted octanol–water partition coefficient (Wildman–Crippen LogP) is 4.31. The standard InChI is InChI=1S/C15H15ClF2N2O/c1-2-8-19-9-12-10(16)6-7-14(20-12)21-13-5-3-4-11(17)15(13)18/h3-7,19H,2,8-9H2,1H3. The summed E-state index contributed by atoms with van der Waals surface area (Å²) in [5, 5.41) is 3.66. The molecule has 0 aliphatic carbocycles. The van der Waals surface area contributed by atoms with E-state index in [0.29, 0.717) is 17.3 Å². The van der Waals surface area contributed by atoms with Gasteiger partial charge in [0.1, 0.15) is 0 Å². The van der Waals surface area contributed by atoms with E-state index < -0.39 is 11.6 Å². The first-order valence-electron chi connectivity index (χ1n) is 6.59. The van der Waals surface area contributed by atoms with E-state index in [1.165, 1.54) is 18.2 Å². The summed E-state index contributed by atoms with van der Waals surface area (Å²) in [6.45, 7) is 3.37. The number of benzene rings is 1. The molecule has 1 N–H and O–H groups in total. The van der Waals surface area contributed by atoms with Crippen molar-refractivity contribution >= 4 is 11.6 Å². The summed E-state index contributed by atoms with van der Waals surface area (Å²) < 4.78 is 32.0. The van der Waals surface area contributed by atoms with Crippen LogP contribution in [0.5, 0.6) is 11.6 Å². The van der Waals surface area contributed by atoms with E-state index >= 15 is 0 Å². The largest absolute Gasteiger partial charge is 0.436 e. The maximum atomic E-state index is 13.5. The number of aromatic nitrogens is 1. The highest BCUT2D eigenvalue weighted by Crippen LogP contribution is 2.26. The summed E-state index contributed by atoms with van der Waals surface area (Å²) in [7, 11) is 0. The zero-order valence-corrected chi connectivity index (χ0v) is 12.3. The molecule has 1 heterocycles. The highest BCUT2D eigenvalue weighted by Gasteiger charge is 2.11. The average molecular weight is 313 g/mol. The van der Waals surface area contributed by atoms with Crippen molar-refractivity contribution in [2.24, 2.45) is 0 Å². The topological polar surface area (TPSA) is 34.2 Å². The summed E-state index contributed by atoms with van der Waals surface area (Å²) in [6.07, 6.45) is 0.988. The Morgan fingerprint density at radius 3 is 2.81 bits per heavy atom. The third-order valence-electron chi connectivity index (χ3n) is 2.74. The third kappa shape index (κ3) is 4.12. The van der Waals surface area contributed by atoms with Gasteiger partial charge in [-0.25, -0.2) is 9.37 Å². The van der Waals surface area contributed by atoms with Gasteiger partial charge in [-0.05, 0) is 31.2 Å². The highest BCUT2D eigenvalue weighted by molar-refractivity contribution is 6.31. The van der Waals surface area contributed by atoms with Crippen molar-refractivity contribution in [2.75, 3.05) is 6.54 Å². The summed E-state index contributed by atoms with van der Waals surface area (Å²) in [4.78, 5) is 4.20. The van der Waals surface area contributed by atoms with E-state index in [-0.39, 0.29) is 11.6 Å². The third-order valence-corrected chi connectivity index (χ3v) is 3.09. The molecule has 3 nitrogen and oxygen atoms in total. The van der Waals surface area contributed by atoms with Gasteiger partial charge >= 0.3 is 0 Å². The van der Waals surface area contributed by atoms with Gasteiger partial charge < -0.3 is 10.1 Å². The van der Waals surface area contributed by atoms with Crippen LogP contribution in [0.1, 0.15) is 19.0 Å². The maximum Gasteiger partial charge on any atom is 0.219 e. The smallest absolute Gasteiger partial charge is 0.219 e. The van der Waals surface area contributed by atoms with Gasteiger partial charge in [0.25, 0.3) is 0 Å². The molecule has 6 heteroatoms. The predicted molar refractivity (Wildman–Crippen MR) is 77.7 cm³/mol. The van der Waals surface area contributed by atoms with Gasteiger partial charge in [0.2, 0.25) is 11.7 Å². The minimum atomic E-state index is -1.04. The molecule has 0 amide bonds. The number of halogens is 3. The Morgan fingerprint density at radius 2 is 2.05 bits per heavy atom. The van der Waals surface area contributed by atoms with E-state index in [2.05, 4.69) is 10.3 Å². The quantitative estimate of drug-likeness (QED) is 0.807. The number of pyridine rings is 1. The van der Waals surface area contributed by atoms with Crippen LogP contribution in [0, 0.1) is 11.6 Å². The van der Waals surface area contributed by atoms with E-state index in [0.717, 1.165) is 19.0 Å². The molecule has 1 aromatic carbocycles. The molecule has 0 saturated carbocycles. The van der Waals surface area contributed by atoms with Crippen molar-refractivity contribution < 1.29 is 13.5 Å². The molecule has 0 radical (unpaired) electrons. The molecule has 1 aromatic heterocycles. The van der Waals surface area contributed by atoms with Crippen molar-refractivity contribution in [3.63, 3.8) is 0 Å². The second kappa shape index (κ2) is 7.33. The molecule has 112 valence electrons. The van der Waals surface area contributed by atoms with Crippen molar-refractivity contribution in [3.05, 3.63) is 52.7 Å². The SMILES string of the molecule is CCCNCc1nc(Oc2cccc(F)c2F)ccc1Cl. The Bertz CT molecular complexity index is 623. The van der Waals surface area contributed by atoms with Crippen LogP contribution in [-0.2, 0) is 6.54 Å². The van der Waals surface area contributed by atoms with Crippen LogP contribution in [0.4, 0.5) is 8.78 Å². The molecule has 21 heavy (non-hydrogen) atoms. The van der Waals surface area contributed by atoms with Gasteiger partial charge in [0, 0.05) is 12.6 Å². The van der Waals surface area contributed by atoms with Gasteiger partial charge in [-0.15, -0.1) is 0 Å². The molecule has 0 bridgehead atoms. The first-order valence-corrected chi connectivity index (χ1v) is 6.97. The molecule has 0 aliphatic heterocycles. The van der Waals surface area contributed by atoms with Crippen LogP contribution in [0.2, 0.25) is 5.02 Å². The molecule has 0 saturated heterocycles. The Labute approximate surface area is 126 Å². The molecule has 0 fully saturated rings. The minimum absolute atomic E-state index is 0.164. The number of nitrogens with zero attached hydrogens (tertiary/aromatic N) is 1. The number of hydrogen-bond donors (Lipinski definition) is 1. The van der Waals surface area contributed by atoms with Crippen LogP contribution in [0.3, 0.4) is 0 Å². The lowest BCUT2D eigenvalue weighted by atomic mass is 10.3. The van der Waals surface area contributed by atoms with E-state index in [4.69, 9.17) is 16.3 Å². The van der Waals surface area contributed by atoms with Crippen molar-refractivity contribution in [1.29, 1.82) is 0 Å². The molecular formula is C15H15ClF2N2O. The number of hydrogen-bond acceptors (Lipinski definition) is 3. The molecule has 2 aromatic rings.